The predicted octanol–water partition coefficient (Wildman–Crippen LogP) is 1.47. The van der Waals surface area contributed by atoms with E-state index in [9.17, 15) is 0 Å². The molecule has 0 saturated heterocycles. The lowest BCUT2D eigenvalue weighted by molar-refractivity contribution is 0.224. The molecule has 0 aliphatic carbocycles. The van der Waals surface area contributed by atoms with Crippen LogP contribution in [-0.4, -0.2) is 27.3 Å². The maximum absolute atomic E-state index is 5.60. The largest absolute Gasteiger partial charge is 0.422 e. The lowest BCUT2D eigenvalue weighted by Gasteiger charge is -2.15. The second-order valence-electron chi connectivity index (χ2n) is 1.94. The van der Waals surface area contributed by atoms with Crippen LogP contribution in [-0.2, 0) is 4.43 Å². The van der Waals surface area contributed by atoms with Crippen LogP contribution in [0.5, 0.6) is 0 Å². The fourth-order valence-corrected chi connectivity index (χ4v) is 2.09. The van der Waals surface area contributed by atoms with Gasteiger partial charge in [0.2, 0.25) is 0 Å². The maximum atomic E-state index is 5.60. The van der Waals surface area contributed by atoms with Crippen LogP contribution in [0.2, 0.25) is 0 Å². The summed E-state index contributed by atoms with van der Waals surface area (Å²) in [5.41, 5.74) is 0. The zero-order valence-corrected chi connectivity index (χ0v) is 10.1. The van der Waals surface area contributed by atoms with Crippen LogP contribution in [0.25, 0.3) is 0 Å². The number of halogens is 3. The molecule has 0 heterocycles. The first-order chi connectivity index (χ1) is 4.72. The molecular formula is C5H11Cl3OSi. The van der Waals surface area contributed by atoms with Crippen LogP contribution >= 0.6 is 34.8 Å². The van der Waals surface area contributed by atoms with Crippen molar-refractivity contribution in [2.75, 3.05) is 5.88 Å². The van der Waals surface area contributed by atoms with Crippen LogP contribution in [0.1, 0.15) is 12.8 Å². The van der Waals surface area contributed by atoms with Gasteiger partial charge in [-0.25, -0.2) is 0 Å². The van der Waals surface area contributed by atoms with Gasteiger partial charge in [0, 0.05) is 5.88 Å². The van der Waals surface area contributed by atoms with Gasteiger partial charge < -0.3 is 4.43 Å². The van der Waals surface area contributed by atoms with Crippen molar-refractivity contribution in [1.82, 2.24) is 0 Å². The zero-order valence-electron chi connectivity index (χ0n) is 5.82. The molecule has 0 bridgehead atoms. The molecule has 10 heavy (non-hydrogen) atoms. The summed E-state index contributed by atoms with van der Waals surface area (Å²) < 4.78 is 5.13. The molecule has 0 aliphatic heterocycles. The molecule has 0 amide bonds. The molecule has 0 radical (unpaired) electrons. The van der Waals surface area contributed by atoms with Gasteiger partial charge >= 0.3 is 0 Å². The van der Waals surface area contributed by atoms with Gasteiger partial charge in [-0.3, -0.25) is 0 Å². The summed E-state index contributed by atoms with van der Waals surface area (Å²) in [6.07, 6.45) is 1.74. The van der Waals surface area contributed by atoms with Gasteiger partial charge in [0.1, 0.15) is 15.3 Å². The second kappa shape index (κ2) is 6.74. The summed E-state index contributed by atoms with van der Waals surface area (Å²) in [5.74, 6) is 0.641. The van der Waals surface area contributed by atoms with E-state index in [2.05, 4.69) is 0 Å². The Hall–Kier alpha value is 1.05. The van der Waals surface area contributed by atoms with E-state index in [-0.39, 0.29) is 6.10 Å². The highest BCUT2D eigenvalue weighted by Gasteiger charge is 2.13. The van der Waals surface area contributed by atoms with Crippen molar-refractivity contribution >= 4 is 45.3 Å². The van der Waals surface area contributed by atoms with E-state index in [0.717, 1.165) is 12.8 Å². The average Bonchev–Trinajstić information content (AvgIpc) is 1.89. The van der Waals surface area contributed by atoms with E-state index in [1.165, 1.54) is 0 Å². The van der Waals surface area contributed by atoms with Crippen molar-refractivity contribution in [1.29, 1.82) is 0 Å². The summed E-state index contributed by atoms with van der Waals surface area (Å²) in [6, 6.07) is 0. The van der Waals surface area contributed by atoms with Crippen molar-refractivity contribution in [3.05, 3.63) is 0 Å². The molecule has 0 aromatic rings. The minimum Gasteiger partial charge on any atom is -0.422 e. The van der Waals surface area contributed by atoms with Gasteiger partial charge in [0.15, 0.2) is 0 Å². The Labute approximate surface area is 79.5 Å². The standard InChI is InChI=1S/C5H11Cl3OSi/c6-3-1-2-4(9-10)5(7)8/h4-5H,1-3H2,10H3. The van der Waals surface area contributed by atoms with E-state index in [4.69, 9.17) is 39.2 Å². The van der Waals surface area contributed by atoms with E-state index < -0.39 is 4.84 Å². The lowest BCUT2D eigenvalue weighted by Crippen LogP contribution is -2.19. The molecule has 0 saturated carbocycles. The highest BCUT2D eigenvalue weighted by Crippen LogP contribution is 2.15. The summed E-state index contributed by atoms with van der Waals surface area (Å²) in [6.45, 7) is 0. The van der Waals surface area contributed by atoms with Crippen molar-refractivity contribution in [3.63, 3.8) is 0 Å². The molecule has 0 rings (SSSR count). The fraction of sp³-hybridized carbons (Fsp3) is 1.00. The first-order valence-corrected chi connectivity index (χ1v) is 5.31. The Morgan fingerprint density at radius 1 is 1.40 bits per heavy atom. The lowest BCUT2D eigenvalue weighted by atomic mass is 10.2. The third kappa shape index (κ3) is 4.80. The molecule has 0 aromatic carbocycles. The van der Waals surface area contributed by atoms with Gasteiger partial charge in [-0.05, 0) is 12.8 Å². The first kappa shape index (κ1) is 11.0. The third-order valence-corrected chi connectivity index (χ3v) is 2.64. The van der Waals surface area contributed by atoms with Gasteiger partial charge in [0.05, 0.1) is 6.10 Å². The topological polar surface area (TPSA) is 9.23 Å². The second-order valence-corrected chi connectivity index (χ2v) is 3.95. The maximum Gasteiger partial charge on any atom is 0.146 e. The van der Waals surface area contributed by atoms with Crippen molar-refractivity contribution in [2.45, 2.75) is 23.8 Å². The number of alkyl halides is 3. The fourth-order valence-electron chi connectivity index (χ4n) is 0.625. The third-order valence-electron chi connectivity index (χ3n) is 1.21. The van der Waals surface area contributed by atoms with Gasteiger partial charge in [0.25, 0.3) is 0 Å². The van der Waals surface area contributed by atoms with E-state index in [1.807, 2.05) is 0 Å². The SMILES string of the molecule is [SiH3]OC(CCCCl)C(Cl)Cl. The first-order valence-electron chi connectivity index (χ1n) is 3.09. The molecule has 1 atom stereocenters. The molecule has 1 nitrogen and oxygen atoms in total. The van der Waals surface area contributed by atoms with E-state index in [1.54, 1.807) is 0 Å². The monoisotopic (exact) mass is 220 g/mol. The van der Waals surface area contributed by atoms with Crippen LogP contribution in [0.15, 0.2) is 0 Å². The number of rotatable bonds is 5. The Kier molecular flexibility index (Phi) is 7.44. The Balaban J connectivity index is 3.40. The van der Waals surface area contributed by atoms with Gasteiger partial charge in [-0.2, -0.15) is 0 Å². The Morgan fingerprint density at radius 2 is 2.00 bits per heavy atom. The van der Waals surface area contributed by atoms with Crippen LogP contribution in [0.4, 0.5) is 0 Å². The Bertz CT molecular complexity index is 81.3. The van der Waals surface area contributed by atoms with Crippen molar-refractivity contribution in [2.24, 2.45) is 0 Å². The van der Waals surface area contributed by atoms with E-state index >= 15 is 0 Å². The van der Waals surface area contributed by atoms with Crippen LogP contribution in [0.3, 0.4) is 0 Å². The minimum atomic E-state index is -0.416. The molecular weight excluding hydrogens is 210 g/mol. The minimum absolute atomic E-state index is 0.0197. The molecule has 0 aromatic heterocycles. The summed E-state index contributed by atoms with van der Waals surface area (Å²) >= 11 is 16.7. The van der Waals surface area contributed by atoms with Crippen molar-refractivity contribution in [3.8, 4) is 0 Å². The quantitative estimate of drug-likeness (QED) is 0.505. The average molecular weight is 222 g/mol. The Morgan fingerprint density at radius 3 is 2.30 bits per heavy atom. The van der Waals surface area contributed by atoms with Crippen molar-refractivity contribution < 1.29 is 4.43 Å². The zero-order chi connectivity index (χ0) is 7.98. The molecule has 0 spiro atoms. The molecule has 0 N–H and O–H groups in total. The molecule has 1 unspecified atom stereocenters. The highest BCUT2D eigenvalue weighted by atomic mass is 35.5. The molecule has 0 aliphatic rings. The van der Waals surface area contributed by atoms with Gasteiger partial charge in [-0.1, -0.05) is 0 Å². The van der Waals surface area contributed by atoms with Crippen LogP contribution in [0, 0.1) is 0 Å². The summed E-state index contributed by atoms with van der Waals surface area (Å²) in [5, 5.41) is 0. The predicted molar refractivity (Wildman–Crippen MR) is 50.3 cm³/mol. The number of hydrogen-bond donors (Lipinski definition) is 0. The van der Waals surface area contributed by atoms with E-state index in [0.29, 0.717) is 16.4 Å². The van der Waals surface area contributed by atoms with Crippen LogP contribution < -0.4 is 0 Å². The molecule has 0 fully saturated rings. The molecule has 5 heteroatoms. The summed E-state index contributed by atoms with van der Waals surface area (Å²) in [7, 11) is 0.675. The smallest absolute Gasteiger partial charge is 0.146 e. The molecule has 62 valence electrons. The van der Waals surface area contributed by atoms with Gasteiger partial charge in [-0.15, -0.1) is 34.8 Å². The number of hydrogen-bond acceptors (Lipinski definition) is 1. The summed E-state index contributed by atoms with van der Waals surface area (Å²) in [4.78, 5) is -0.416. The normalized spacial score (nSPS) is 14.4. The highest BCUT2D eigenvalue weighted by molar-refractivity contribution is 6.44.